The molecular formula is C13H17FO3. The Labute approximate surface area is 101 Å². The summed E-state index contributed by atoms with van der Waals surface area (Å²) in [6.07, 6.45) is 1.56. The summed E-state index contributed by atoms with van der Waals surface area (Å²) in [5, 5.41) is 0. The number of hydrogen-bond donors (Lipinski definition) is 0. The average Bonchev–Trinajstić information content (AvgIpc) is 2.32. The fourth-order valence-electron chi connectivity index (χ4n) is 1.42. The molecule has 0 aliphatic heterocycles. The van der Waals surface area contributed by atoms with Crippen LogP contribution in [0.25, 0.3) is 0 Å². The van der Waals surface area contributed by atoms with Crippen molar-refractivity contribution in [3.8, 4) is 5.75 Å². The smallest absolute Gasteiger partial charge is 0.305 e. The molecule has 0 unspecified atom stereocenters. The van der Waals surface area contributed by atoms with Crippen molar-refractivity contribution in [1.82, 2.24) is 0 Å². The van der Waals surface area contributed by atoms with E-state index in [9.17, 15) is 9.18 Å². The highest BCUT2D eigenvalue weighted by atomic mass is 19.1. The molecule has 1 rings (SSSR count). The van der Waals surface area contributed by atoms with Crippen molar-refractivity contribution in [1.29, 1.82) is 0 Å². The number of rotatable bonds is 6. The number of ether oxygens (including phenoxy) is 2. The first-order valence-electron chi connectivity index (χ1n) is 5.64. The maximum absolute atomic E-state index is 13.3. The van der Waals surface area contributed by atoms with Crippen molar-refractivity contribution in [3.63, 3.8) is 0 Å². The van der Waals surface area contributed by atoms with Gasteiger partial charge in [-0.1, -0.05) is 6.92 Å². The van der Waals surface area contributed by atoms with Gasteiger partial charge in [0.1, 0.15) is 11.6 Å². The van der Waals surface area contributed by atoms with E-state index in [2.05, 4.69) is 4.74 Å². The van der Waals surface area contributed by atoms with Gasteiger partial charge >= 0.3 is 5.97 Å². The Bertz CT molecular complexity index is 377. The Morgan fingerprint density at radius 1 is 1.35 bits per heavy atom. The van der Waals surface area contributed by atoms with Gasteiger partial charge in [-0.15, -0.1) is 0 Å². The third-order valence-electron chi connectivity index (χ3n) is 2.25. The fraction of sp³-hybridized carbons (Fsp3) is 0.462. The van der Waals surface area contributed by atoms with Crippen LogP contribution in [0.4, 0.5) is 4.39 Å². The molecule has 0 bridgehead atoms. The number of aryl methyl sites for hydroxylation is 1. The number of hydrogen-bond acceptors (Lipinski definition) is 3. The molecule has 0 radical (unpaired) electrons. The molecule has 0 N–H and O–H groups in total. The van der Waals surface area contributed by atoms with Crippen molar-refractivity contribution in [2.75, 3.05) is 13.7 Å². The molecule has 0 aliphatic rings. The summed E-state index contributed by atoms with van der Waals surface area (Å²) in [6, 6.07) is 4.50. The lowest BCUT2D eigenvalue weighted by atomic mass is 10.1. The molecule has 4 heteroatoms. The number of carbonyl (C=O) groups is 1. The quantitative estimate of drug-likeness (QED) is 0.717. The zero-order valence-corrected chi connectivity index (χ0v) is 10.2. The van der Waals surface area contributed by atoms with Crippen molar-refractivity contribution in [3.05, 3.63) is 29.6 Å². The van der Waals surface area contributed by atoms with Gasteiger partial charge in [-0.25, -0.2) is 4.39 Å². The maximum Gasteiger partial charge on any atom is 0.305 e. The molecule has 0 amide bonds. The van der Waals surface area contributed by atoms with Gasteiger partial charge in [0.2, 0.25) is 0 Å². The van der Waals surface area contributed by atoms with Crippen LogP contribution >= 0.6 is 0 Å². The van der Waals surface area contributed by atoms with Gasteiger partial charge in [0.05, 0.1) is 13.7 Å². The summed E-state index contributed by atoms with van der Waals surface area (Å²) < 4.78 is 23.2. The van der Waals surface area contributed by atoms with Crippen LogP contribution in [0.5, 0.6) is 5.75 Å². The second kappa shape index (κ2) is 6.89. The van der Waals surface area contributed by atoms with Crippen LogP contribution in [0.15, 0.2) is 18.2 Å². The molecule has 94 valence electrons. The molecule has 1 aromatic carbocycles. The topological polar surface area (TPSA) is 35.5 Å². The van der Waals surface area contributed by atoms with Gasteiger partial charge in [-0.3, -0.25) is 4.79 Å². The van der Waals surface area contributed by atoms with Crippen LogP contribution in [0.2, 0.25) is 0 Å². The maximum atomic E-state index is 13.3. The lowest BCUT2D eigenvalue weighted by molar-refractivity contribution is -0.140. The van der Waals surface area contributed by atoms with E-state index in [-0.39, 0.29) is 18.2 Å². The number of benzene rings is 1. The lowest BCUT2D eigenvalue weighted by Crippen LogP contribution is -2.03. The minimum Gasteiger partial charge on any atom is -0.493 e. The Kier molecular flexibility index (Phi) is 5.46. The molecular weight excluding hydrogens is 223 g/mol. The van der Waals surface area contributed by atoms with Gasteiger partial charge in [0.15, 0.2) is 0 Å². The van der Waals surface area contributed by atoms with Gasteiger partial charge in [-0.2, -0.15) is 0 Å². The van der Waals surface area contributed by atoms with E-state index in [0.717, 1.165) is 12.0 Å². The van der Waals surface area contributed by atoms with Crippen molar-refractivity contribution < 1.29 is 18.7 Å². The number of halogens is 1. The van der Waals surface area contributed by atoms with E-state index in [4.69, 9.17) is 4.74 Å². The Balaban J connectivity index is 2.65. The predicted molar refractivity (Wildman–Crippen MR) is 62.5 cm³/mol. The molecule has 3 nitrogen and oxygen atoms in total. The van der Waals surface area contributed by atoms with Crippen molar-refractivity contribution >= 4 is 5.97 Å². The first kappa shape index (κ1) is 13.5. The monoisotopic (exact) mass is 240 g/mol. The molecule has 0 saturated carbocycles. The molecule has 0 fully saturated rings. The first-order chi connectivity index (χ1) is 8.15. The summed E-state index contributed by atoms with van der Waals surface area (Å²) in [5.41, 5.74) is 0.738. The second-order valence-electron chi connectivity index (χ2n) is 3.72. The highest BCUT2D eigenvalue weighted by Crippen LogP contribution is 2.18. The molecule has 0 atom stereocenters. The summed E-state index contributed by atoms with van der Waals surface area (Å²) in [5.74, 6) is -0.143. The molecule has 0 aromatic heterocycles. The van der Waals surface area contributed by atoms with Crippen LogP contribution in [-0.2, 0) is 16.0 Å². The summed E-state index contributed by atoms with van der Waals surface area (Å²) >= 11 is 0. The predicted octanol–water partition coefficient (Wildman–Crippen LogP) is 2.72. The molecule has 0 heterocycles. The standard InChI is InChI=1S/C13H17FO3/c1-3-6-17-12-8-10(7-11(14)9-12)4-5-13(15)16-2/h7-9H,3-6H2,1-2H3. The second-order valence-corrected chi connectivity index (χ2v) is 3.72. The van der Waals surface area contributed by atoms with Crippen LogP contribution in [0, 0.1) is 5.82 Å². The number of carbonyl (C=O) groups excluding carboxylic acids is 1. The molecule has 0 aliphatic carbocycles. The van der Waals surface area contributed by atoms with E-state index in [1.165, 1.54) is 19.2 Å². The SMILES string of the molecule is CCCOc1cc(F)cc(CCC(=O)OC)c1. The molecule has 17 heavy (non-hydrogen) atoms. The van der Waals surface area contributed by atoms with Gasteiger partial charge in [0, 0.05) is 12.5 Å². The van der Waals surface area contributed by atoms with Gasteiger partial charge in [-0.05, 0) is 30.5 Å². The minimum absolute atomic E-state index is 0.243. The summed E-state index contributed by atoms with van der Waals surface area (Å²) in [4.78, 5) is 11.0. The molecule has 1 aromatic rings. The van der Waals surface area contributed by atoms with E-state index in [1.807, 2.05) is 6.92 Å². The van der Waals surface area contributed by atoms with Gasteiger partial charge in [0.25, 0.3) is 0 Å². The molecule has 0 spiro atoms. The summed E-state index contributed by atoms with van der Waals surface area (Å²) in [6.45, 7) is 2.54. The summed E-state index contributed by atoms with van der Waals surface area (Å²) in [7, 11) is 1.34. The fourth-order valence-corrected chi connectivity index (χ4v) is 1.42. The zero-order chi connectivity index (χ0) is 12.7. The average molecular weight is 240 g/mol. The highest BCUT2D eigenvalue weighted by molar-refractivity contribution is 5.69. The van der Waals surface area contributed by atoms with Crippen molar-refractivity contribution in [2.24, 2.45) is 0 Å². The van der Waals surface area contributed by atoms with E-state index < -0.39 is 0 Å². The lowest BCUT2D eigenvalue weighted by Gasteiger charge is -2.07. The Morgan fingerprint density at radius 2 is 2.12 bits per heavy atom. The minimum atomic E-state index is -0.349. The van der Waals surface area contributed by atoms with Crippen LogP contribution in [0.3, 0.4) is 0 Å². The number of esters is 1. The van der Waals surface area contributed by atoms with Crippen molar-refractivity contribution in [2.45, 2.75) is 26.2 Å². The Morgan fingerprint density at radius 3 is 2.76 bits per heavy atom. The largest absolute Gasteiger partial charge is 0.493 e. The van der Waals surface area contributed by atoms with Crippen LogP contribution in [0.1, 0.15) is 25.3 Å². The highest BCUT2D eigenvalue weighted by Gasteiger charge is 2.05. The third kappa shape index (κ3) is 4.85. The van der Waals surface area contributed by atoms with Gasteiger partial charge < -0.3 is 9.47 Å². The normalized spacial score (nSPS) is 10.1. The van der Waals surface area contributed by atoms with E-state index in [1.54, 1.807) is 6.07 Å². The molecule has 0 saturated heterocycles. The third-order valence-corrected chi connectivity index (χ3v) is 2.25. The van der Waals surface area contributed by atoms with Crippen LogP contribution in [-0.4, -0.2) is 19.7 Å². The van der Waals surface area contributed by atoms with E-state index >= 15 is 0 Å². The van der Waals surface area contributed by atoms with Crippen LogP contribution < -0.4 is 4.74 Å². The van der Waals surface area contributed by atoms with E-state index in [0.29, 0.717) is 18.8 Å². The first-order valence-corrected chi connectivity index (χ1v) is 5.64. The Hall–Kier alpha value is -1.58. The number of methoxy groups -OCH3 is 1. The zero-order valence-electron chi connectivity index (χ0n) is 10.2.